The molecule has 0 atom stereocenters. The molecule has 1 aromatic heterocycles. The smallest absolute Gasteiger partial charge is 0.269 e. The first-order chi connectivity index (χ1) is 10.3. The highest BCUT2D eigenvalue weighted by molar-refractivity contribution is 7.98. The number of rotatable bonds is 7. The predicted octanol–water partition coefficient (Wildman–Crippen LogP) is 3.15. The molecule has 0 radical (unpaired) electrons. The number of hydrogen-bond acceptors (Lipinski definition) is 4. The molecule has 4 nitrogen and oxygen atoms in total. The fourth-order valence-electron chi connectivity index (χ4n) is 2.13. The van der Waals surface area contributed by atoms with Crippen LogP contribution < -0.4 is 10.6 Å². The molecule has 0 aliphatic rings. The van der Waals surface area contributed by atoms with Crippen LogP contribution >= 0.6 is 11.8 Å². The average molecular weight is 303 g/mol. The molecule has 2 N–H and O–H groups in total. The fraction of sp³-hybridized carbons (Fsp3) is 0.375. The third-order valence-corrected chi connectivity index (χ3v) is 3.82. The van der Waals surface area contributed by atoms with Crippen LogP contribution in [0.5, 0.6) is 0 Å². The molecule has 21 heavy (non-hydrogen) atoms. The van der Waals surface area contributed by atoms with E-state index in [-0.39, 0.29) is 5.91 Å². The summed E-state index contributed by atoms with van der Waals surface area (Å²) in [5, 5.41) is 8.22. The van der Waals surface area contributed by atoms with E-state index in [0.717, 1.165) is 35.3 Å². The maximum absolute atomic E-state index is 12.2. The van der Waals surface area contributed by atoms with Gasteiger partial charge in [0.2, 0.25) is 0 Å². The van der Waals surface area contributed by atoms with E-state index in [2.05, 4.69) is 21.9 Å². The summed E-state index contributed by atoms with van der Waals surface area (Å²) in [7, 11) is 0. The molecule has 0 aliphatic carbocycles. The molecule has 112 valence electrons. The Morgan fingerprint density at radius 1 is 1.33 bits per heavy atom. The highest BCUT2D eigenvalue weighted by Gasteiger charge is 2.11. The standard InChI is InChI=1S/C16H21N3OS/c1-3-17-15-13-8-5-4-7-12(13)11-14(19-15)16(20)18-9-6-10-21-2/h4-5,7-8,11H,3,6,9-10H2,1-2H3,(H,17,19)(H,18,20). The molecule has 1 aromatic carbocycles. The van der Waals surface area contributed by atoms with Crippen LogP contribution in [0.25, 0.3) is 10.8 Å². The minimum Gasteiger partial charge on any atom is -0.370 e. The van der Waals surface area contributed by atoms with Crippen molar-refractivity contribution in [2.45, 2.75) is 13.3 Å². The second kappa shape index (κ2) is 7.88. The van der Waals surface area contributed by atoms with Crippen LogP contribution in [0.15, 0.2) is 30.3 Å². The zero-order chi connectivity index (χ0) is 15.1. The lowest BCUT2D eigenvalue weighted by molar-refractivity contribution is 0.0949. The first-order valence-electron chi connectivity index (χ1n) is 7.17. The molecular formula is C16H21N3OS. The van der Waals surface area contributed by atoms with Crippen LogP contribution in [0.4, 0.5) is 5.82 Å². The predicted molar refractivity (Wildman–Crippen MR) is 91.2 cm³/mol. The van der Waals surface area contributed by atoms with Gasteiger partial charge in [0.25, 0.3) is 5.91 Å². The number of nitrogens with one attached hydrogen (secondary N) is 2. The van der Waals surface area contributed by atoms with Gasteiger partial charge in [0.15, 0.2) is 0 Å². The number of benzene rings is 1. The molecule has 1 amide bonds. The third-order valence-electron chi connectivity index (χ3n) is 3.13. The Morgan fingerprint density at radius 3 is 2.90 bits per heavy atom. The van der Waals surface area contributed by atoms with Crippen LogP contribution in [0.2, 0.25) is 0 Å². The lowest BCUT2D eigenvalue weighted by Gasteiger charge is -2.10. The minimum absolute atomic E-state index is 0.110. The van der Waals surface area contributed by atoms with Crippen LogP contribution in [0, 0.1) is 0 Å². The number of carbonyl (C=O) groups excluding carboxylic acids is 1. The summed E-state index contributed by atoms with van der Waals surface area (Å²) in [5.74, 6) is 1.71. The van der Waals surface area contributed by atoms with Crippen molar-refractivity contribution in [1.29, 1.82) is 0 Å². The quantitative estimate of drug-likeness (QED) is 0.772. The Balaban J connectivity index is 2.21. The van der Waals surface area contributed by atoms with Crippen LogP contribution in [0.3, 0.4) is 0 Å². The number of nitrogens with zero attached hydrogens (tertiary/aromatic N) is 1. The van der Waals surface area contributed by atoms with Crippen molar-refractivity contribution in [3.63, 3.8) is 0 Å². The number of thioether (sulfide) groups is 1. The van der Waals surface area contributed by atoms with E-state index in [1.54, 1.807) is 11.8 Å². The van der Waals surface area contributed by atoms with Crippen molar-refractivity contribution in [1.82, 2.24) is 10.3 Å². The van der Waals surface area contributed by atoms with Crippen molar-refractivity contribution in [3.05, 3.63) is 36.0 Å². The van der Waals surface area contributed by atoms with E-state index in [0.29, 0.717) is 12.2 Å². The zero-order valence-corrected chi connectivity index (χ0v) is 13.3. The number of anilines is 1. The number of aromatic nitrogens is 1. The van der Waals surface area contributed by atoms with Crippen molar-refractivity contribution in [2.24, 2.45) is 0 Å². The Kier molecular flexibility index (Phi) is 5.87. The summed E-state index contributed by atoms with van der Waals surface area (Å²) >= 11 is 1.78. The van der Waals surface area contributed by atoms with E-state index in [4.69, 9.17) is 0 Å². The Labute approximate surface area is 129 Å². The second-order valence-corrected chi connectivity index (χ2v) is 5.70. The van der Waals surface area contributed by atoms with Crippen molar-refractivity contribution in [2.75, 3.05) is 30.4 Å². The van der Waals surface area contributed by atoms with Gasteiger partial charge in [0.1, 0.15) is 11.5 Å². The van der Waals surface area contributed by atoms with Crippen molar-refractivity contribution >= 4 is 34.3 Å². The van der Waals surface area contributed by atoms with Crippen molar-refractivity contribution < 1.29 is 4.79 Å². The average Bonchev–Trinajstić information content (AvgIpc) is 2.51. The summed E-state index contributed by atoms with van der Waals surface area (Å²) in [5.41, 5.74) is 0.466. The van der Waals surface area contributed by atoms with E-state index in [1.165, 1.54) is 0 Å². The molecule has 2 aromatic rings. The van der Waals surface area contributed by atoms with Gasteiger partial charge in [-0.15, -0.1) is 0 Å². The minimum atomic E-state index is -0.110. The van der Waals surface area contributed by atoms with Crippen LogP contribution in [0.1, 0.15) is 23.8 Å². The molecule has 0 bridgehead atoms. The number of carbonyl (C=O) groups is 1. The maximum Gasteiger partial charge on any atom is 0.269 e. The molecule has 0 fully saturated rings. The lowest BCUT2D eigenvalue weighted by Crippen LogP contribution is -2.26. The van der Waals surface area contributed by atoms with Gasteiger partial charge in [-0.2, -0.15) is 11.8 Å². The van der Waals surface area contributed by atoms with Gasteiger partial charge in [-0.1, -0.05) is 24.3 Å². The second-order valence-electron chi connectivity index (χ2n) is 4.71. The van der Waals surface area contributed by atoms with Gasteiger partial charge in [-0.3, -0.25) is 4.79 Å². The monoisotopic (exact) mass is 303 g/mol. The first kappa shape index (κ1) is 15.6. The molecule has 5 heteroatoms. The molecule has 1 heterocycles. The molecule has 2 rings (SSSR count). The SMILES string of the molecule is CCNc1nc(C(=O)NCCCSC)cc2ccccc12. The molecular weight excluding hydrogens is 282 g/mol. The van der Waals surface area contributed by atoms with E-state index < -0.39 is 0 Å². The van der Waals surface area contributed by atoms with Gasteiger partial charge < -0.3 is 10.6 Å². The number of hydrogen-bond donors (Lipinski definition) is 2. The summed E-state index contributed by atoms with van der Waals surface area (Å²) in [6.07, 6.45) is 3.04. The van der Waals surface area contributed by atoms with Crippen LogP contribution in [-0.4, -0.2) is 36.0 Å². The number of amides is 1. The molecule has 0 unspecified atom stereocenters. The largest absolute Gasteiger partial charge is 0.370 e. The third kappa shape index (κ3) is 4.11. The molecule has 0 aliphatic heterocycles. The summed E-state index contributed by atoms with van der Waals surface area (Å²) < 4.78 is 0. The molecule has 0 saturated carbocycles. The highest BCUT2D eigenvalue weighted by atomic mass is 32.2. The topological polar surface area (TPSA) is 54.0 Å². The van der Waals surface area contributed by atoms with Crippen molar-refractivity contribution in [3.8, 4) is 0 Å². The van der Waals surface area contributed by atoms with Gasteiger partial charge in [-0.25, -0.2) is 4.98 Å². The molecule has 0 spiro atoms. The van der Waals surface area contributed by atoms with Gasteiger partial charge >= 0.3 is 0 Å². The summed E-state index contributed by atoms with van der Waals surface area (Å²) in [6.45, 7) is 3.48. The van der Waals surface area contributed by atoms with E-state index in [9.17, 15) is 4.79 Å². The summed E-state index contributed by atoms with van der Waals surface area (Å²) in [6, 6.07) is 9.81. The normalized spacial score (nSPS) is 10.6. The first-order valence-corrected chi connectivity index (χ1v) is 8.56. The lowest BCUT2D eigenvalue weighted by atomic mass is 10.1. The fourth-order valence-corrected chi connectivity index (χ4v) is 2.56. The highest BCUT2D eigenvalue weighted by Crippen LogP contribution is 2.22. The number of pyridine rings is 1. The van der Waals surface area contributed by atoms with Crippen LogP contribution in [-0.2, 0) is 0 Å². The van der Waals surface area contributed by atoms with E-state index >= 15 is 0 Å². The van der Waals surface area contributed by atoms with Gasteiger partial charge in [-0.05, 0) is 36.8 Å². The van der Waals surface area contributed by atoms with Gasteiger partial charge in [0.05, 0.1) is 0 Å². The Morgan fingerprint density at radius 2 is 2.14 bits per heavy atom. The summed E-state index contributed by atoms with van der Waals surface area (Å²) in [4.78, 5) is 16.7. The van der Waals surface area contributed by atoms with Gasteiger partial charge in [0, 0.05) is 18.5 Å². The Bertz CT molecular complexity index is 615. The van der Waals surface area contributed by atoms with E-state index in [1.807, 2.05) is 37.3 Å². The number of fused-ring (bicyclic) bond motifs is 1. The zero-order valence-electron chi connectivity index (χ0n) is 12.5. The maximum atomic E-state index is 12.2. The molecule has 0 saturated heterocycles. The Hall–Kier alpha value is -1.75.